The molecule has 2 aromatic heterocycles. The van der Waals surface area contributed by atoms with Crippen LogP contribution >= 0.6 is 11.3 Å². The quantitative estimate of drug-likeness (QED) is 0.0585. The van der Waals surface area contributed by atoms with E-state index in [4.69, 9.17) is 13.9 Å². The highest BCUT2D eigenvalue weighted by atomic mass is 32.1. The number of piperidine rings is 1. The van der Waals surface area contributed by atoms with Crippen LogP contribution in [0.4, 0.5) is 0 Å². The summed E-state index contributed by atoms with van der Waals surface area (Å²) in [7, 11) is -0.394. The number of nitrogens with one attached hydrogen (secondary N) is 2. The number of morpholine rings is 1. The van der Waals surface area contributed by atoms with Crippen LogP contribution in [0.1, 0.15) is 85.2 Å². The Hall–Kier alpha value is -4.40. The van der Waals surface area contributed by atoms with Gasteiger partial charge in [-0.05, 0) is 85.5 Å². The maximum Gasteiger partial charge on any atom is 0.273 e. The summed E-state index contributed by atoms with van der Waals surface area (Å²) < 4.78 is 19.2. The number of amides is 2. The lowest BCUT2D eigenvalue weighted by molar-refractivity contribution is -0.131. The van der Waals surface area contributed by atoms with Crippen LogP contribution in [0.3, 0.4) is 0 Å². The standard InChI is InChI=1S/C48H66N6O7SSi/c1-8-10-43-50-39(33-62-43)46(58)54-27-30-60-48(34-54)20-24-53(25-21-48)23-17-35-11-9-12-36(31-35)18-28-59-29-19-44(57)52(5)26-22-49-32-41(61-63(6,7)47(2,3)4)37-13-15-40(55)45-38(37)14-16-42(56)51-45/h9,11-16,31,33,41,49,55H,17-30,32,34H2,1-7H3,(H,51,56)/t41-/m0/s1. The molecule has 3 N–H and O–H groups in total. The molecule has 15 heteroatoms. The third-order valence-corrected chi connectivity index (χ3v) is 18.1. The lowest BCUT2D eigenvalue weighted by atomic mass is 9.89. The monoisotopic (exact) mass is 898 g/mol. The highest BCUT2D eigenvalue weighted by Crippen LogP contribution is 2.41. The number of nitrogens with zero attached hydrogens (tertiary/aromatic N) is 4. The Kier molecular flexibility index (Phi) is 16.4. The summed E-state index contributed by atoms with van der Waals surface area (Å²) in [5.41, 5.74) is 3.70. The van der Waals surface area contributed by atoms with Crippen LogP contribution < -0.4 is 10.9 Å². The average Bonchev–Trinajstić information content (AvgIpc) is 3.73. The molecule has 0 unspecified atom stereocenters. The van der Waals surface area contributed by atoms with Gasteiger partial charge in [0.05, 0.1) is 50.0 Å². The highest BCUT2D eigenvalue weighted by molar-refractivity contribution is 7.10. The third-order valence-electron chi connectivity index (χ3n) is 12.8. The number of aromatic hydroxyl groups is 1. The fourth-order valence-corrected chi connectivity index (χ4v) is 9.93. The number of ether oxygens (including phenoxy) is 2. The number of pyridine rings is 1. The maximum atomic E-state index is 13.2. The van der Waals surface area contributed by atoms with Crippen molar-refractivity contribution in [3.05, 3.63) is 91.7 Å². The number of likely N-dealkylation sites (tertiary alicyclic amines) is 1. The van der Waals surface area contributed by atoms with Crippen LogP contribution in [0, 0.1) is 11.8 Å². The summed E-state index contributed by atoms with van der Waals surface area (Å²) in [5.74, 6) is 5.80. The first-order valence-electron chi connectivity index (χ1n) is 22.2. The molecule has 0 bridgehead atoms. The predicted octanol–water partition coefficient (Wildman–Crippen LogP) is 6.37. The van der Waals surface area contributed by atoms with Gasteiger partial charge in [-0.3, -0.25) is 14.4 Å². The van der Waals surface area contributed by atoms with Gasteiger partial charge in [-0.15, -0.1) is 11.3 Å². The minimum atomic E-state index is -2.21. The Morgan fingerprint density at radius 2 is 1.86 bits per heavy atom. The molecule has 2 aromatic carbocycles. The van der Waals surface area contributed by atoms with Crippen molar-refractivity contribution < 1.29 is 28.6 Å². The van der Waals surface area contributed by atoms with Gasteiger partial charge in [0.1, 0.15) is 11.4 Å². The lowest BCUT2D eigenvalue weighted by Gasteiger charge is -2.47. The van der Waals surface area contributed by atoms with Gasteiger partial charge in [0, 0.05) is 69.7 Å². The largest absolute Gasteiger partial charge is 0.506 e. The normalized spacial score (nSPS) is 16.2. The van der Waals surface area contributed by atoms with E-state index in [0.29, 0.717) is 75.2 Å². The van der Waals surface area contributed by atoms with Crippen LogP contribution in [0.5, 0.6) is 5.75 Å². The number of likely N-dealkylation sites (N-methyl/N-ethyl adjacent to an activating group) is 1. The van der Waals surface area contributed by atoms with Crippen LogP contribution in [0.15, 0.2) is 58.7 Å². The molecule has 2 aliphatic rings. The summed E-state index contributed by atoms with van der Waals surface area (Å²) in [6.07, 6.45) is 3.50. The highest BCUT2D eigenvalue weighted by Gasteiger charge is 2.42. The summed E-state index contributed by atoms with van der Waals surface area (Å²) in [6, 6.07) is 15.4. The molecule has 1 spiro atoms. The zero-order valence-electron chi connectivity index (χ0n) is 38.2. The number of hydrogen-bond acceptors (Lipinski definition) is 11. The van der Waals surface area contributed by atoms with Crippen molar-refractivity contribution in [1.82, 2.24) is 30.0 Å². The molecular weight excluding hydrogens is 833 g/mol. The van der Waals surface area contributed by atoms with E-state index in [0.717, 1.165) is 56.3 Å². The predicted molar refractivity (Wildman–Crippen MR) is 252 cm³/mol. The second-order valence-corrected chi connectivity index (χ2v) is 24.0. The molecule has 340 valence electrons. The number of phenolic OH excluding ortho intramolecular Hbond substituents is 1. The molecule has 4 heterocycles. The smallest absolute Gasteiger partial charge is 0.273 e. The summed E-state index contributed by atoms with van der Waals surface area (Å²) in [5, 5.41) is 17.2. The Morgan fingerprint density at radius 3 is 2.60 bits per heavy atom. The van der Waals surface area contributed by atoms with Crippen molar-refractivity contribution >= 4 is 42.4 Å². The Balaban J connectivity index is 0.882. The summed E-state index contributed by atoms with van der Waals surface area (Å²) >= 11 is 1.41. The van der Waals surface area contributed by atoms with Crippen molar-refractivity contribution in [3.63, 3.8) is 0 Å². The number of carbonyl (C=O) groups is 2. The second kappa shape index (κ2) is 21.5. The van der Waals surface area contributed by atoms with Gasteiger partial charge < -0.3 is 44.0 Å². The number of fused-ring (bicyclic) bond motifs is 1. The molecule has 0 radical (unpaired) electrons. The number of thiazole rings is 1. The minimum absolute atomic E-state index is 0.0177. The zero-order valence-corrected chi connectivity index (χ0v) is 40.0. The Bertz CT molecular complexity index is 2310. The molecule has 4 aromatic rings. The van der Waals surface area contributed by atoms with E-state index >= 15 is 0 Å². The molecule has 2 amide bonds. The first-order valence-corrected chi connectivity index (χ1v) is 26.0. The van der Waals surface area contributed by atoms with E-state index in [1.165, 1.54) is 28.5 Å². The zero-order chi connectivity index (χ0) is 45.2. The molecule has 2 fully saturated rings. The number of aromatic nitrogens is 2. The summed E-state index contributed by atoms with van der Waals surface area (Å²) in [6.45, 7) is 19.8. The number of aromatic amines is 1. The first kappa shape index (κ1) is 48.1. The fraction of sp³-hybridized carbons (Fsp3) is 0.542. The number of carbonyl (C=O) groups excluding carboxylic acids is 2. The van der Waals surface area contributed by atoms with Gasteiger partial charge in [0.25, 0.3) is 5.91 Å². The van der Waals surface area contributed by atoms with E-state index < -0.39 is 8.32 Å². The van der Waals surface area contributed by atoms with Gasteiger partial charge >= 0.3 is 0 Å². The molecule has 2 aliphatic heterocycles. The molecular formula is C48H66N6O7SSi. The number of rotatable bonds is 18. The van der Waals surface area contributed by atoms with Crippen LogP contribution in [0.25, 0.3) is 10.9 Å². The molecule has 63 heavy (non-hydrogen) atoms. The van der Waals surface area contributed by atoms with Crippen LogP contribution in [0.2, 0.25) is 18.1 Å². The maximum absolute atomic E-state index is 13.2. The van der Waals surface area contributed by atoms with E-state index in [1.54, 1.807) is 29.3 Å². The molecule has 0 saturated carbocycles. The molecule has 0 aliphatic carbocycles. The van der Waals surface area contributed by atoms with E-state index in [1.807, 2.05) is 18.0 Å². The SMILES string of the molecule is CC#Cc1nc(C(=O)N2CCOC3(CCN(CCc4cccc(CCOCCC(=O)N(C)CCNC[C@H](O[Si](C)(C)C(C)(C)C)c5ccc(O)c6[nH]c(=O)ccc56)c4)CC3)C2)cs1. The van der Waals surface area contributed by atoms with Gasteiger partial charge in [-0.1, -0.05) is 57.0 Å². The van der Waals surface area contributed by atoms with Crippen molar-refractivity contribution in [2.24, 2.45) is 0 Å². The Labute approximate surface area is 377 Å². The first-order chi connectivity index (χ1) is 30.1. The van der Waals surface area contributed by atoms with Crippen molar-refractivity contribution in [2.45, 2.75) is 89.6 Å². The lowest BCUT2D eigenvalue weighted by Crippen LogP contribution is -2.58. The number of H-pyrrole nitrogens is 1. The van der Waals surface area contributed by atoms with E-state index in [9.17, 15) is 19.5 Å². The number of phenols is 1. The fourth-order valence-electron chi connectivity index (χ4n) is 7.97. The van der Waals surface area contributed by atoms with Crippen LogP contribution in [-0.2, 0) is 31.5 Å². The summed E-state index contributed by atoms with van der Waals surface area (Å²) in [4.78, 5) is 51.6. The van der Waals surface area contributed by atoms with E-state index in [-0.39, 0.29) is 39.9 Å². The van der Waals surface area contributed by atoms with Gasteiger partial charge in [-0.25, -0.2) is 4.98 Å². The Morgan fingerprint density at radius 1 is 1.10 bits per heavy atom. The topological polar surface area (TPSA) is 150 Å². The van der Waals surface area contributed by atoms with Crippen molar-refractivity contribution in [1.29, 1.82) is 0 Å². The number of hydrogen-bond donors (Lipinski definition) is 3. The third kappa shape index (κ3) is 12.9. The minimum Gasteiger partial charge on any atom is -0.506 e. The van der Waals surface area contributed by atoms with Gasteiger partial charge in [0.2, 0.25) is 11.5 Å². The van der Waals surface area contributed by atoms with Crippen molar-refractivity contribution in [3.8, 4) is 17.6 Å². The molecule has 1 atom stereocenters. The van der Waals surface area contributed by atoms with Gasteiger partial charge in [-0.2, -0.15) is 0 Å². The average molecular weight is 899 g/mol. The van der Waals surface area contributed by atoms with E-state index in [2.05, 4.69) is 90.2 Å². The number of benzene rings is 2. The molecule has 2 saturated heterocycles. The van der Waals surface area contributed by atoms with Crippen LogP contribution in [-0.4, -0.2) is 135 Å². The van der Waals surface area contributed by atoms with Crippen molar-refractivity contribution in [2.75, 3.05) is 79.2 Å². The second-order valence-electron chi connectivity index (χ2n) is 18.4. The molecule has 6 rings (SSSR count). The molecule has 13 nitrogen and oxygen atoms in total. The van der Waals surface area contributed by atoms with Gasteiger partial charge in [0.15, 0.2) is 13.3 Å².